The van der Waals surface area contributed by atoms with Crippen LogP contribution in [0.2, 0.25) is 0 Å². The van der Waals surface area contributed by atoms with Crippen molar-refractivity contribution in [2.45, 2.75) is 12.2 Å². The lowest BCUT2D eigenvalue weighted by Gasteiger charge is -2.41. The van der Waals surface area contributed by atoms with Gasteiger partial charge in [-0.3, -0.25) is 4.79 Å². The first-order valence-electron chi connectivity index (χ1n) is 10.4. The number of ether oxygens (including phenoxy) is 1. The molecule has 1 atom stereocenters. The van der Waals surface area contributed by atoms with Gasteiger partial charge >= 0.3 is 12.3 Å². The summed E-state index contributed by atoms with van der Waals surface area (Å²) in [5.41, 5.74) is -0.431. The Morgan fingerprint density at radius 1 is 1.09 bits per heavy atom. The highest BCUT2D eigenvalue weighted by Crippen LogP contribution is 2.34. The number of aliphatic hydroxyl groups excluding tert-OH is 1. The number of benzene rings is 3. The van der Waals surface area contributed by atoms with Crippen LogP contribution in [0.1, 0.15) is 15.9 Å². The number of hydrogen-bond donors (Lipinski definition) is 3. The first kappa shape index (κ1) is 23.4. The summed E-state index contributed by atoms with van der Waals surface area (Å²) in [6, 6.07) is 13.8. The number of carbonyl (C=O) groups excluding carboxylic acids is 1. The summed E-state index contributed by atoms with van der Waals surface area (Å²) in [5, 5.41) is 22.7. The Balaban J connectivity index is 1.48. The minimum absolute atomic E-state index is 0.172. The second-order valence-corrected chi connectivity index (χ2v) is 8.03. The minimum atomic E-state index is -4.43. The maximum Gasteiger partial charge on any atom is 0.416 e. The Labute approximate surface area is 192 Å². The molecule has 3 aromatic carbocycles. The summed E-state index contributed by atoms with van der Waals surface area (Å²) in [6.45, 7) is 0.162. The van der Waals surface area contributed by atoms with Gasteiger partial charge in [0.2, 0.25) is 0 Å². The zero-order valence-electron chi connectivity index (χ0n) is 17.7. The SMILES string of the molecule is O=C(N[C@@H](CO)C1CN(C(=O)O)C1)c1ccc2c(Oc3ccc(C(F)(F)F)cc3)cccc2c1. The van der Waals surface area contributed by atoms with Crippen LogP contribution < -0.4 is 10.1 Å². The highest BCUT2D eigenvalue weighted by Gasteiger charge is 2.36. The predicted octanol–water partition coefficient (Wildman–Crippen LogP) is 4.35. The van der Waals surface area contributed by atoms with Crippen molar-refractivity contribution < 1.29 is 37.7 Å². The average molecular weight is 474 g/mol. The molecule has 0 unspecified atom stereocenters. The molecule has 4 rings (SSSR count). The molecule has 1 aliphatic heterocycles. The van der Waals surface area contributed by atoms with Gasteiger partial charge in [0.1, 0.15) is 11.5 Å². The molecule has 1 heterocycles. The van der Waals surface area contributed by atoms with Gasteiger partial charge in [-0.25, -0.2) is 4.79 Å². The summed E-state index contributed by atoms with van der Waals surface area (Å²) < 4.78 is 44.1. The Morgan fingerprint density at radius 3 is 2.41 bits per heavy atom. The third-order valence-electron chi connectivity index (χ3n) is 5.77. The van der Waals surface area contributed by atoms with Gasteiger partial charge in [-0.15, -0.1) is 0 Å². The molecule has 1 saturated heterocycles. The van der Waals surface area contributed by atoms with Crippen molar-refractivity contribution in [1.29, 1.82) is 0 Å². The highest BCUT2D eigenvalue weighted by atomic mass is 19.4. The highest BCUT2D eigenvalue weighted by molar-refractivity contribution is 6.00. The second kappa shape index (κ2) is 9.22. The van der Waals surface area contributed by atoms with Crippen LogP contribution >= 0.6 is 0 Å². The normalized spacial score (nSPS) is 15.0. The Kier molecular flexibility index (Phi) is 6.34. The number of likely N-dealkylation sites (tertiary alicyclic amines) is 1. The van der Waals surface area contributed by atoms with E-state index in [9.17, 15) is 27.9 Å². The van der Waals surface area contributed by atoms with Gasteiger partial charge in [0.05, 0.1) is 18.2 Å². The van der Waals surface area contributed by atoms with Gasteiger partial charge in [-0.1, -0.05) is 12.1 Å². The topological polar surface area (TPSA) is 99.1 Å². The van der Waals surface area contributed by atoms with Gasteiger partial charge in [0, 0.05) is 30.0 Å². The van der Waals surface area contributed by atoms with Crippen LogP contribution in [0, 0.1) is 5.92 Å². The lowest BCUT2D eigenvalue weighted by molar-refractivity contribution is -0.137. The van der Waals surface area contributed by atoms with Gasteiger partial charge < -0.3 is 25.2 Å². The molecule has 0 aromatic heterocycles. The smallest absolute Gasteiger partial charge is 0.416 e. The molecule has 3 aromatic rings. The quantitative estimate of drug-likeness (QED) is 0.493. The van der Waals surface area contributed by atoms with Crippen LogP contribution in [0.25, 0.3) is 10.8 Å². The van der Waals surface area contributed by atoms with Crippen molar-refractivity contribution in [1.82, 2.24) is 10.2 Å². The summed E-state index contributed by atoms with van der Waals surface area (Å²) in [6.07, 6.45) is -5.47. The van der Waals surface area contributed by atoms with Crippen molar-refractivity contribution >= 4 is 22.8 Å². The fourth-order valence-corrected chi connectivity index (χ4v) is 3.81. The van der Waals surface area contributed by atoms with E-state index in [0.29, 0.717) is 22.1 Å². The predicted molar refractivity (Wildman–Crippen MR) is 117 cm³/mol. The average Bonchev–Trinajstić information content (AvgIpc) is 2.76. The molecule has 10 heteroatoms. The second-order valence-electron chi connectivity index (χ2n) is 8.03. The zero-order valence-corrected chi connectivity index (χ0v) is 17.7. The van der Waals surface area contributed by atoms with E-state index < -0.39 is 29.8 Å². The number of fused-ring (bicyclic) bond motifs is 1. The van der Waals surface area contributed by atoms with Crippen molar-refractivity contribution in [3.8, 4) is 11.5 Å². The molecule has 1 fully saturated rings. The molecular formula is C24H21F3N2O5. The first-order valence-corrected chi connectivity index (χ1v) is 10.4. The van der Waals surface area contributed by atoms with E-state index in [4.69, 9.17) is 9.84 Å². The molecule has 0 radical (unpaired) electrons. The number of halogens is 3. The fraction of sp³-hybridized carbons (Fsp3) is 0.250. The van der Waals surface area contributed by atoms with Crippen LogP contribution in [0.15, 0.2) is 60.7 Å². The largest absolute Gasteiger partial charge is 0.465 e. The molecule has 0 aliphatic carbocycles. The van der Waals surface area contributed by atoms with Crippen molar-refractivity contribution in [2.75, 3.05) is 19.7 Å². The van der Waals surface area contributed by atoms with E-state index in [1.807, 2.05) is 0 Å². The van der Waals surface area contributed by atoms with E-state index in [-0.39, 0.29) is 31.4 Å². The van der Waals surface area contributed by atoms with Gasteiger partial charge in [0.15, 0.2) is 0 Å². The molecule has 0 saturated carbocycles. The molecule has 34 heavy (non-hydrogen) atoms. The standard InChI is InChI=1S/C24H21F3N2O5/c25-24(26,27)17-5-7-18(8-6-17)34-21-3-1-2-14-10-15(4-9-19(14)21)22(31)28-20(13-30)16-11-29(12-16)23(32)33/h1-10,16,20,30H,11-13H2,(H,28,31)(H,32,33)/t20-/m0/s1. The van der Waals surface area contributed by atoms with E-state index in [1.165, 1.54) is 17.0 Å². The summed E-state index contributed by atoms with van der Waals surface area (Å²) in [4.78, 5) is 24.9. The Bertz CT molecular complexity index is 1210. The molecular weight excluding hydrogens is 453 g/mol. The molecule has 7 nitrogen and oxygen atoms in total. The van der Waals surface area contributed by atoms with Crippen molar-refractivity contribution in [3.05, 3.63) is 71.8 Å². The van der Waals surface area contributed by atoms with E-state index >= 15 is 0 Å². The number of alkyl halides is 3. The zero-order chi connectivity index (χ0) is 24.5. The monoisotopic (exact) mass is 474 g/mol. The molecule has 0 bridgehead atoms. The van der Waals surface area contributed by atoms with Crippen molar-refractivity contribution in [2.24, 2.45) is 5.92 Å². The Morgan fingerprint density at radius 2 is 1.79 bits per heavy atom. The van der Waals surface area contributed by atoms with Crippen molar-refractivity contribution in [3.63, 3.8) is 0 Å². The van der Waals surface area contributed by atoms with Crippen LogP contribution in [0.5, 0.6) is 11.5 Å². The molecule has 2 amide bonds. The number of carbonyl (C=O) groups is 2. The lowest BCUT2D eigenvalue weighted by Crippen LogP contribution is -2.59. The van der Waals surface area contributed by atoms with Crippen LogP contribution in [-0.4, -0.2) is 52.9 Å². The number of nitrogens with zero attached hydrogens (tertiary/aromatic N) is 1. The summed E-state index contributed by atoms with van der Waals surface area (Å²) in [5.74, 6) is 0.0720. The number of rotatable bonds is 6. The maximum atomic E-state index is 12.8. The van der Waals surface area contributed by atoms with Gasteiger partial charge in [-0.2, -0.15) is 13.2 Å². The molecule has 0 spiro atoms. The Hall–Kier alpha value is -3.79. The van der Waals surface area contributed by atoms with E-state index in [1.54, 1.807) is 36.4 Å². The van der Waals surface area contributed by atoms with E-state index in [2.05, 4.69) is 5.32 Å². The lowest BCUT2D eigenvalue weighted by atomic mass is 9.92. The van der Waals surface area contributed by atoms with Crippen LogP contribution in [-0.2, 0) is 6.18 Å². The summed E-state index contributed by atoms with van der Waals surface area (Å²) in [7, 11) is 0. The number of hydrogen-bond acceptors (Lipinski definition) is 4. The van der Waals surface area contributed by atoms with Crippen LogP contribution in [0.4, 0.5) is 18.0 Å². The molecule has 3 N–H and O–H groups in total. The van der Waals surface area contributed by atoms with Crippen LogP contribution in [0.3, 0.4) is 0 Å². The molecule has 178 valence electrons. The minimum Gasteiger partial charge on any atom is -0.465 e. The molecule has 1 aliphatic rings. The van der Waals surface area contributed by atoms with Gasteiger partial charge in [-0.05, 0) is 53.9 Å². The van der Waals surface area contributed by atoms with Gasteiger partial charge in [0.25, 0.3) is 5.91 Å². The number of aliphatic hydroxyl groups is 1. The maximum absolute atomic E-state index is 12.8. The number of nitrogens with one attached hydrogen (secondary N) is 1. The fourth-order valence-electron chi connectivity index (χ4n) is 3.81. The number of carboxylic acid groups (broad SMARTS) is 1. The third kappa shape index (κ3) is 4.91. The summed E-state index contributed by atoms with van der Waals surface area (Å²) >= 11 is 0. The van der Waals surface area contributed by atoms with E-state index in [0.717, 1.165) is 12.1 Å². The number of amides is 2. The third-order valence-corrected chi connectivity index (χ3v) is 5.77. The first-order chi connectivity index (χ1) is 16.2.